The van der Waals surface area contributed by atoms with Gasteiger partial charge in [-0.05, 0) is 25.0 Å². The highest BCUT2D eigenvalue weighted by Gasteiger charge is 2.14. The summed E-state index contributed by atoms with van der Waals surface area (Å²) in [5.41, 5.74) is 6.91. The van der Waals surface area contributed by atoms with Gasteiger partial charge in [-0.15, -0.1) is 0 Å². The summed E-state index contributed by atoms with van der Waals surface area (Å²) < 4.78 is 0. The highest BCUT2D eigenvalue weighted by molar-refractivity contribution is 5.91. The molecule has 0 spiro atoms. The molecular weight excluding hydrogens is 246 g/mol. The first-order valence-electron chi connectivity index (χ1n) is 6.11. The number of nitro groups is 1. The van der Waals surface area contributed by atoms with E-state index in [2.05, 4.69) is 5.32 Å². The van der Waals surface area contributed by atoms with Crippen molar-refractivity contribution >= 4 is 17.3 Å². The maximum absolute atomic E-state index is 11.7. The smallest absolute Gasteiger partial charge is 0.272 e. The highest BCUT2D eigenvalue weighted by Crippen LogP contribution is 2.21. The van der Waals surface area contributed by atoms with Crippen molar-refractivity contribution in [3.63, 3.8) is 0 Å². The van der Waals surface area contributed by atoms with Crippen LogP contribution in [-0.4, -0.2) is 16.9 Å². The van der Waals surface area contributed by atoms with E-state index in [9.17, 15) is 14.9 Å². The Morgan fingerprint density at radius 2 is 2.11 bits per heavy atom. The largest absolute Gasteiger partial charge is 0.327 e. The van der Waals surface area contributed by atoms with Gasteiger partial charge in [-0.2, -0.15) is 0 Å². The van der Waals surface area contributed by atoms with Crippen molar-refractivity contribution in [1.29, 1.82) is 0 Å². The summed E-state index contributed by atoms with van der Waals surface area (Å²) in [5, 5.41) is 13.4. The molecule has 1 unspecified atom stereocenters. The van der Waals surface area contributed by atoms with E-state index in [1.165, 1.54) is 12.1 Å². The van der Waals surface area contributed by atoms with E-state index in [0.717, 1.165) is 0 Å². The van der Waals surface area contributed by atoms with Crippen LogP contribution in [-0.2, 0) is 4.79 Å². The third-order valence-corrected chi connectivity index (χ3v) is 2.95. The monoisotopic (exact) mass is 265 g/mol. The van der Waals surface area contributed by atoms with E-state index < -0.39 is 4.92 Å². The molecule has 1 rings (SSSR count). The number of hydrogen-bond donors (Lipinski definition) is 2. The molecule has 0 aliphatic rings. The maximum atomic E-state index is 11.7. The number of nitrogens with two attached hydrogens (primary N) is 1. The molecule has 0 aliphatic heterocycles. The number of aryl methyl sites for hydroxylation is 1. The summed E-state index contributed by atoms with van der Waals surface area (Å²) in [4.78, 5) is 22.0. The number of nitrogens with one attached hydrogen (secondary N) is 1. The fraction of sp³-hybridized carbons (Fsp3) is 0.462. The molecule has 1 amide bonds. The molecule has 6 nitrogen and oxygen atoms in total. The van der Waals surface area contributed by atoms with E-state index in [1.807, 2.05) is 13.8 Å². The van der Waals surface area contributed by atoms with E-state index in [4.69, 9.17) is 5.73 Å². The SMILES string of the molecule is Cc1cc(NC(=O)CC(N)C(C)C)ccc1[N+](=O)[O-]. The Hall–Kier alpha value is -1.95. The zero-order chi connectivity index (χ0) is 14.6. The second-order valence-corrected chi connectivity index (χ2v) is 4.92. The van der Waals surface area contributed by atoms with Gasteiger partial charge in [-0.3, -0.25) is 14.9 Å². The molecule has 1 aromatic rings. The van der Waals surface area contributed by atoms with Crippen LogP contribution in [0.1, 0.15) is 25.8 Å². The predicted molar refractivity (Wildman–Crippen MR) is 73.9 cm³/mol. The summed E-state index contributed by atoms with van der Waals surface area (Å²) in [6.45, 7) is 5.54. The number of nitrogens with zero attached hydrogens (tertiary/aromatic N) is 1. The van der Waals surface area contributed by atoms with Gasteiger partial charge in [0.1, 0.15) is 0 Å². The number of carbonyl (C=O) groups excluding carboxylic acids is 1. The van der Waals surface area contributed by atoms with Gasteiger partial charge in [0.2, 0.25) is 5.91 Å². The number of rotatable bonds is 5. The number of nitro benzene ring substituents is 1. The molecule has 0 aliphatic carbocycles. The van der Waals surface area contributed by atoms with Crippen LogP contribution < -0.4 is 11.1 Å². The van der Waals surface area contributed by atoms with Crippen LogP contribution in [0.4, 0.5) is 11.4 Å². The molecule has 0 aromatic heterocycles. The number of amides is 1. The third-order valence-electron chi connectivity index (χ3n) is 2.95. The van der Waals surface area contributed by atoms with Gasteiger partial charge in [0, 0.05) is 29.8 Å². The molecule has 6 heteroatoms. The average Bonchev–Trinajstić information content (AvgIpc) is 2.27. The Bertz CT molecular complexity index is 486. The zero-order valence-electron chi connectivity index (χ0n) is 11.3. The van der Waals surface area contributed by atoms with Gasteiger partial charge in [0.05, 0.1) is 4.92 Å². The number of hydrogen-bond acceptors (Lipinski definition) is 4. The molecule has 0 heterocycles. The van der Waals surface area contributed by atoms with Crippen molar-refractivity contribution in [2.24, 2.45) is 11.7 Å². The fourth-order valence-corrected chi connectivity index (χ4v) is 1.60. The van der Waals surface area contributed by atoms with Gasteiger partial charge in [-0.1, -0.05) is 13.8 Å². The van der Waals surface area contributed by atoms with Crippen molar-refractivity contribution in [3.8, 4) is 0 Å². The van der Waals surface area contributed by atoms with Gasteiger partial charge < -0.3 is 11.1 Å². The van der Waals surface area contributed by atoms with Gasteiger partial charge in [-0.25, -0.2) is 0 Å². The third kappa shape index (κ3) is 4.33. The Labute approximate surface area is 112 Å². The lowest BCUT2D eigenvalue weighted by Crippen LogP contribution is -2.31. The van der Waals surface area contributed by atoms with Crippen molar-refractivity contribution in [2.75, 3.05) is 5.32 Å². The van der Waals surface area contributed by atoms with Crippen LogP contribution in [0.2, 0.25) is 0 Å². The molecule has 0 fully saturated rings. The van der Waals surface area contributed by atoms with Crippen molar-refractivity contribution in [1.82, 2.24) is 0 Å². The van der Waals surface area contributed by atoms with Gasteiger partial charge in [0.15, 0.2) is 0 Å². The average molecular weight is 265 g/mol. The molecule has 0 bridgehead atoms. The normalized spacial score (nSPS) is 12.3. The lowest BCUT2D eigenvalue weighted by Gasteiger charge is -2.15. The van der Waals surface area contributed by atoms with E-state index >= 15 is 0 Å². The van der Waals surface area contributed by atoms with Crippen LogP contribution >= 0.6 is 0 Å². The Morgan fingerprint density at radius 3 is 2.58 bits per heavy atom. The lowest BCUT2D eigenvalue weighted by molar-refractivity contribution is -0.385. The molecule has 0 saturated heterocycles. The molecule has 1 aromatic carbocycles. The summed E-state index contributed by atoms with van der Waals surface area (Å²) in [7, 11) is 0. The Kier molecular flexibility index (Phi) is 5.00. The first kappa shape index (κ1) is 15.1. The Balaban J connectivity index is 2.70. The minimum absolute atomic E-state index is 0.0388. The highest BCUT2D eigenvalue weighted by atomic mass is 16.6. The maximum Gasteiger partial charge on any atom is 0.272 e. The summed E-state index contributed by atoms with van der Waals surface area (Å²) in [6.07, 6.45) is 0.230. The quantitative estimate of drug-likeness (QED) is 0.630. The van der Waals surface area contributed by atoms with Crippen molar-refractivity contribution < 1.29 is 9.72 Å². The van der Waals surface area contributed by atoms with E-state index in [-0.39, 0.29) is 30.0 Å². The lowest BCUT2D eigenvalue weighted by atomic mass is 10.0. The second-order valence-electron chi connectivity index (χ2n) is 4.92. The van der Waals surface area contributed by atoms with Gasteiger partial charge >= 0.3 is 0 Å². The second kappa shape index (κ2) is 6.29. The van der Waals surface area contributed by atoms with Crippen LogP contribution in [0, 0.1) is 23.0 Å². The Morgan fingerprint density at radius 1 is 1.47 bits per heavy atom. The predicted octanol–water partition coefficient (Wildman–Crippen LogP) is 2.22. The fourth-order valence-electron chi connectivity index (χ4n) is 1.60. The summed E-state index contributed by atoms with van der Waals surface area (Å²) in [5.74, 6) is 0.0406. The van der Waals surface area contributed by atoms with Crippen molar-refractivity contribution in [3.05, 3.63) is 33.9 Å². The molecule has 19 heavy (non-hydrogen) atoms. The van der Waals surface area contributed by atoms with Crippen molar-refractivity contribution in [2.45, 2.75) is 33.2 Å². The first-order valence-corrected chi connectivity index (χ1v) is 6.11. The molecule has 0 saturated carbocycles. The standard InChI is InChI=1S/C13H19N3O3/c1-8(2)11(14)7-13(17)15-10-4-5-12(16(18)19)9(3)6-10/h4-6,8,11H,7,14H2,1-3H3,(H,15,17). The zero-order valence-corrected chi connectivity index (χ0v) is 11.3. The molecule has 1 atom stereocenters. The summed E-state index contributed by atoms with van der Waals surface area (Å²) >= 11 is 0. The molecule has 104 valence electrons. The number of benzene rings is 1. The minimum atomic E-state index is -0.449. The van der Waals surface area contributed by atoms with Crippen LogP contribution in [0.15, 0.2) is 18.2 Å². The first-order chi connectivity index (χ1) is 8.81. The minimum Gasteiger partial charge on any atom is -0.327 e. The topological polar surface area (TPSA) is 98.3 Å². The van der Waals surface area contributed by atoms with Crippen LogP contribution in [0.5, 0.6) is 0 Å². The molecule has 3 N–H and O–H groups in total. The van der Waals surface area contributed by atoms with Gasteiger partial charge in [0.25, 0.3) is 5.69 Å². The van der Waals surface area contributed by atoms with Crippen LogP contribution in [0.3, 0.4) is 0 Å². The van der Waals surface area contributed by atoms with Crippen LogP contribution in [0.25, 0.3) is 0 Å². The number of carbonyl (C=O) groups is 1. The van der Waals surface area contributed by atoms with E-state index in [1.54, 1.807) is 13.0 Å². The number of anilines is 1. The molecule has 0 radical (unpaired) electrons. The molecular formula is C13H19N3O3. The summed E-state index contributed by atoms with van der Waals surface area (Å²) in [6, 6.07) is 4.29. The van der Waals surface area contributed by atoms with E-state index in [0.29, 0.717) is 11.3 Å².